The number of anilines is 1. The lowest BCUT2D eigenvalue weighted by atomic mass is 9.91. The van der Waals surface area contributed by atoms with Crippen LogP contribution < -0.4 is 5.73 Å². The van der Waals surface area contributed by atoms with Crippen LogP contribution in [0.2, 0.25) is 0 Å². The van der Waals surface area contributed by atoms with E-state index in [1.54, 1.807) is 42.5 Å². The molecule has 6 aromatic rings. The zero-order valence-corrected chi connectivity index (χ0v) is 23.5. The quantitative estimate of drug-likeness (QED) is 0.274. The van der Waals surface area contributed by atoms with E-state index in [-0.39, 0.29) is 18.4 Å². The van der Waals surface area contributed by atoms with Gasteiger partial charge in [-0.25, -0.2) is 19.9 Å². The van der Waals surface area contributed by atoms with Crippen molar-refractivity contribution < 1.29 is 9.90 Å². The average molecular weight is 572 g/mol. The molecule has 0 radical (unpaired) electrons. The molecule has 11 heteroatoms. The average Bonchev–Trinajstić information content (AvgIpc) is 3.68. The van der Waals surface area contributed by atoms with Gasteiger partial charge in [0.25, 0.3) is 0 Å². The first-order chi connectivity index (χ1) is 20.8. The highest BCUT2D eigenvalue weighted by Crippen LogP contribution is 2.33. The number of aromatic nitrogens is 7. The van der Waals surface area contributed by atoms with Crippen LogP contribution in [-0.4, -0.2) is 57.2 Å². The summed E-state index contributed by atoms with van der Waals surface area (Å²) in [5.41, 5.74) is 11.9. The number of nitrogens with one attached hydrogen (secondary N) is 1. The van der Waals surface area contributed by atoms with Crippen LogP contribution in [0.5, 0.6) is 0 Å². The van der Waals surface area contributed by atoms with Crippen LogP contribution >= 0.6 is 0 Å². The van der Waals surface area contributed by atoms with E-state index < -0.39 is 5.60 Å². The van der Waals surface area contributed by atoms with E-state index in [1.807, 2.05) is 47.4 Å². The molecule has 0 fully saturated rings. The minimum atomic E-state index is -1.39. The molecule has 0 saturated carbocycles. The Balaban J connectivity index is 1.15. The van der Waals surface area contributed by atoms with Gasteiger partial charge in [0.15, 0.2) is 5.65 Å². The zero-order chi connectivity index (χ0) is 29.6. The van der Waals surface area contributed by atoms with Crippen LogP contribution in [0.25, 0.3) is 33.7 Å². The second-order valence-corrected chi connectivity index (χ2v) is 10.9. The number of nitrogen functional groups attached to an aromatic ring is 1. The molecular weight excluding hydrogens is 542 g/mol. The predicted octanol–water partition coefficient (Wildman–Crippen LogP) is 3.70. The van der Waals surface area contributed by atoms with E-state index in [0.717, 1.165) is 12.0 Å². The van der Waals surface area contributed by atoms with Gasteiger partial charge < -0.3 is 20.7 Å². The predicted molar refractivity (Wildman–Crippen MR) is 161 cm³/mol. The summed E-state index contributed by atoms with van der Waals surface area (Å²) in [6.07, 6.45) is 7.75. The smallest absolute Gasteiger partial charge is 0.244 e. The molecule has 4 N–H and O–H groups in total. The van der Waals surface area contributed by atoms with Gasteiger partial charge in [0, 0.05) is 36.6 Å². The summed E-state index contributed by atoms with van der Waals surface area (Å²) in [7, 11) is 0. The van der Waals surface area contributed by atoms with Crippen LogP contribution in [0, 0.1) is 0 Å². The van der Waals surface area contributed by atoms with Crippen molar-refractivity contribution in [1.29, 1.82) is 0 Å². The van der Waals surface area contributed by atoms with Gasteiger partial charge in [0.1, 0.15) is 17.7 Å². The maximum atomic E-state index is 13.1. The van der Waals surface area contributed by atoms with Gasteiger partial charge in [-0.2, -0.15) is 5.10 Å². The highest BCUT2D eigenvalue weighted by molar-refractivity contribution is 5.90. The lowest BCUT2D eigenvalue weighted by Gasteiger charge is -2.28. The molecule has 1 amide bonds. The molecule has 43 heavy (non-hydrogen) atoms. The molecule has 1 unspecified atom stereocenters. The summed E-state index contributed by atoms with van der Waals surface area (Å²) in [4.78, 5) is 36.3. The van der Waals surface area contributed by atoms with Crippen LogP contribution in [-0.2, 0) is 29.9 Å². The number of hydrogen-bond acceptors (Lipinski definition) is 8. The van der Waals surface area contributed by atoms with Crippen molar-refractivity contribution in [1.82, 2.24) is 39.6 Å². The minimum Gasteiger partial charge on any atom is -0.379 e. The van der Waals surface area contributed by atoms with Gasteiger partial charge in [-0.1, -0.05) is 54.6 Å². The second-order valence-electron chi connectivity index (χ2n) is 10.9. The van der Waals surface area contributed by atoms with E-state index >= 15 is 0 Å². The molecule has 0 bridgehead atoms. The number of aliphatic hydroxyl groups is 1. The molecule has 7 rings (SSSR count). The van der Waals surface area contributed by atoms with Crippen molar-refractivity contribution in [2.75, 3.05) is 12.3 Å². The van der Waals surface area contributed by atoms with Crippen molar-refractivity contribution in [2.45, 2.75) is 32.0 Å². The summed E-state index contributed by atoms with van der Waals surface area (Å²) in [5, 5.41) is 15.8. The molecule has 1 aliphatic rings. The number of rotatable bonds is 6. The maximum absolute atomic E-state index is 13.1. The Bertz CT molecular complexity index is 1960. The number of carbonyl (C=O) groups excluding carboxylic acids is 1. The lowest BCUT2D eigenvalue weighted by Crippen LogP contribution is -2.38. The lowest BCUT2D eigenvalue weighted by molar-refractivity contribution is -0.133. The Kier molecular flexibility index (Phi) is 6.43. The summed E-state index contributed by atoms with van der Waals surface area (Å²) >= 11 is 0. The van der Waals surface area contributed by atoms with Crippen LogP contribution in [0.3, 0.4) is 0 Å². The summed E-state index contributed by atoms with van der Waals surface area (Å²) in [5.74, 6) is 0.0486. The highest BCUT2D eigenvalue weighted by atomic mass is 16.3. The number of carbonyl (C=O) groups is 1. The first-order valence-electron chi connectivity index (χ1n) is 14.0. The van der Waals surface area contributed by atoms with Crippen molar-refractivity contribution in [3.8, 4) is 22.5 Å². The van der Waals surface area contributed by atoms with Gasteiger partial charge in [-0.05, 0) is 36.1 Å². The van der Waals surface area contributed by atoms with Crippen LogP contribution in [0.1, 0.15) is 29.3 Å². The molecule has 1 atom stereocenters. The molecular formula is C32H29N9O2. The van der Waals surface area contributed by atoms with E-state index in [2.05, 4.69) is 37.2 Å². The molecule has 0 saturated heterocycles. The Morgan fingerprint density at radius 2 is 1.81 bits per heavy atom. The number of fused-ring (bicyclic) bond motifs is 2. The van der Waals surface area contributed by atoms with Crippen molar-refractivity contribution >= 4 is 23.0 Å². The largest absolute Gasteiger partial charge is 0.379 e. The maximum Gasteiger partial charge on any atom is 0.244 e. The van der Waals surface area contributed by atoms with E-state index in [0.29, 0.717) is 52.5 Å². The Morgan fingerprint density at radius 3 is 2.65 bits per heavy atom. The topological polar surface area (TPSA) is 152 Å². The SMILES string of the molecule is CC(O)(c1ccccc1)c1cc(-c2c[nH]c3ncc(-c4cnn(CC(=O)N5CCc6ccccc6C5)c4)nc23)nc(N)n1. The third kappa shape index (κ3) is 4.99. The molecule has 214 valence electrons. The Hall–Kier alpha value is -5.42. The van der Waals surface area contributed by atoms with Gasteiger partial charge in [0.05, 0.1) is 29.5 Å². The molecule has 0 aliphatic carbocycles. The number of amides is 1. The van der Waals surface area contributed by atoms with E-state index in [9.17, 15) is 9.90 Å². The van der Waals surface area contributed by atoms with E-state index in [1.165, 1.54) is 11.1 Å². The number of nitrogens with zero attached hydrogens (tertiary/aromatic N) is 7. The number of aromatic amines is 1. The fourth-order valence-corrected chi connectivity index (χ4v) is 5.52. The fraction of sp³-hybridized carbons (Fsp3) is 0.188. The van der Waals surface area contributed by atoms with Gasteiger partial charge in [0.2, 0.25) is 11.9 Å². The molecule has 11 nitrogen and oxygen atoms in total. The molecule has 1 aliphatic heterocycles. The third-order valence-corrected chi connectivity index (χ3v) is 7.94. The Morgan fingerprint density at radius 1 is 1.02 bits per heavy atom. The Labute approximate surface area is 247 Å². The zero-order valence-electron chi connectivity index (χ0n) is 23.5. The monoisotopic (exact) mass is 571 g/mol. The molecule has 0 spiro atoms. The van der Waals surface area contributed by atoms with Gasteiger partial charge in [-0.3, -0.25) is 9.48 Å². The second kappa shape index (κ2) is 10.4. The summed E-state index contributed by atoms with van der Waals surface area (Å²) in [6, 6.07) is 19.2. The van der Waals surface area contributed by atoms with Gasteiger partial charge in [-0.15, -0.1) is 0 Å². The van der Waals surface area contributed by atoms with E-state index in [4.69, 9.17) is 10.7 Å². The first kappa shape index (κ1) is 26.5. The third-order valence-electron chi connectivity index (χ3n) is 7.94. The van der Waals surface area contributed by atoms with Crippen LogP contribution in [0.15, 0.2) is 85.5 Å². The molecule has 2 aromatic carbocycles. The summed E-state index contributed by atoms with van der Waals surface area (Å²) in [6.45, 7) is 3.11. The van der Waals surface area contributed by atoms with Crippen molar-refractivity contribution in [3.05, 3.63) is 108 Å². The standard InChI is InChI=1S/C32H29N9O2/c1-32(43,23-9-3-2-4-10-23)27-13-25(38-31(33)39-27)24-15-34-30-29(24)37-26(16-35-30)22-14-36-41(18-22)19-28(42)40-12-11-20-7-5-6-8-21(20)17-40/h2-10,13-16,18,43H,11-12,17,19H2,1H3,(H,34,35)(H2,33,38,39). The molecule has 5 heterocycles. The minimum absolute atomic E-state index is 0.0159. The number of hydrogen-bond donors (Lipinski definition) is 3. The number of H-pyrrole nitrogens is 1. The van der Waals surface area contributed by atoms with Gasteiger partial charge >= 0.3 is 0 Å². The normalized spacial score (nSPS) is 14.4. The van der Waals surface area contributed by atoms with Crippen LogP contribution in [0.4, 0.5) is 5.95 Å². The fourth-order valence-electron chi connectivity index (χ4n) is 5.52. The number of nitrogens with two attached hydrogens (primary N) is 1. The first-order valence-corrected chi connectivity index (χ1v) is 14.0. The summed E-state index contributed by atoms with van der Waals surface area (Å²) < 4.78 is 1.63. The molecule has 4 aromatic heterocycles. The van der Waals surface area contributed by atoms with Crippen molar-refractivity contribution in [2.24, 2.45) is 0 Å². The number of benzene rings is 2. The van der Waals surface area contributed by atoms with Crippen molar-refractivity contribution in [3.63, 3.8) is 0 Å². The highest BCUT2D eigenvalue weighted by Gasteiger charge is 2.29.